The van der Waals surface area contributed by atoms with Crippen molar-refractivity contribution < 1.29 is 14.3 Å². The van der Waals surface area contributed by atoms with Crippen molar-refractivity contribution in [3.05, 3.63) is 0 Å². The van der Waals surface area contributed by atoms with Crippen molar-refractivity contribution in [1.82, 2.24) is 4.90 Å². The minimum absolute atomic E-state index is 0. The molecule has 0 spiro atoms. The summed E-state index contributed by atoms with van der Waals surface area (Å²) < 4.78 is 11.1. The Morgan fingerprint density at radius 1 is 1.37 bits per heavy atom. The highest BCUT2D eigenvalue weighted by Gasteiger charge is 2.32. The van der Waals surface area contributed by atoms with Crippen LogP contribution in [0.15, 0.2) is 0 Å². The second kappa shape index (κ2) is 8.04. The monoisotopic (exact) mass is 292 g/mol. The van der Waals surface area contributed by atoms with E-state index in [9.17, 15) is 4.79 Å². The van der Waals surface area contributed by atoms with Crippen LogP contribution in [0.25, 0.3) is 0 Å². The van der Waals surface area contributed by atoms with Gasteiger partial charge in [-0.25, -0.2) is 0 Å². The van der Waals surface area contributed by atoms with E-state index in [-0.39, 0.29) is 30.5 Å². The molecule has 1 amide bonds. The van der Waals surface area contributed by atoms with E-state index >= 15 is 0 Å². The first kappa shape index (κ1) is 16.7. The Balaban J connectivity index is 0.00000180. The van der Waals surface area contributed by atoms with Crippen LogP contribution in [0.5, 0.6) is 0 Å². The van der Waals surface area contributed by atoms with Gasteiger partial charge in [0.05, 0.1) is 12.7 Å². The van der Waals surface area contributed by atoms with Gasteiger partial charge in [-0.1, -0.05) is 0 Å². The Labute approximate surface area is 121 Å². The summed E-state index contributed by atoms with van der Waals surface area (Å²) in [4.78, 5) is 14.0. The quantitative estimate of drug-likeness (QED) is 0.832. The molecule has 0 saturated carbocycles. The van der Waals surface area contributed by atoms with Gasteiger partial charge in [0, 0.05) is 26.7 Å². The smallest absolute Gasteiger partial charge is 0.251 e. The maximum Gasteiger partial charge on any atom is 0.251 e. The normalized spacial score (nSPS) is 30.7. The topological polar surface area (TPSA) is 64.8 Å². The minimum atomic E-state index is -0.284. The number of halogens is 1. The number of carbonyl (C=O) groups is 1. The molecule has 6 heteroatoms. The molecule has 0 bridgehead atoms. The number of nitrogens with zero attached hydrogens (tertiary/aromatic N) is 1. The highest BCUT2D eigenvalue weighted by atomic mass is 35.5. The Morgan fingerprint density at radius 2 is 2.16 bits per heavy atom. The number of hydrogen-bond acceptors (Lipinski definition) is 4. The summed E-state index contributed by atoms with van der Waals surface area (Å²) in [6, 6.07) is 0. The molecule has 2 N–H and O–H groups in total. The summed E-state index contributed by atoms with van der Waals surface area (Å²) in [6.45, 7) is 2.91. The van der Waals surface area contributed by atoms with Crippen LogP contribution in [-0.2, 0) is 14.3 Å². The van der Waals surface area contributed by atoms with Gasteiger partial charge in [-0.3, -0.25) is 4.79 Å². The average molecular weight is 293 g/mol. The van der Waals surface area contributed by atoms with Gasteiger partial charge in [-0.05, 0) is 31.6 Å². The fourth-order valence-corrected chi connectivity index (χ4v) is 2.74. The summed E-state index contributed by atoms with van der Waals surface area (Å²) in [5.74, 6) is 0.566. The number of nitrogens with two attached hydrogens (primary N) is 1. The molecule has 2 aliphatic heterocycles. The van der Waals surface area contributed by atoms with E-state index in [0.717, 1.165) is 45.4 Å². The van der Waals surface area contributed by atoms with Crippen LogP contribution in [-0.4, -0.2) is 56.4 Å². The molecule has 0 aliphatic carbocycles. The van der Waals surface area contributed by atoms with Crippen LogP contribution in [0.2, 0.25) is 0 Å². The zero-order valence-corrected chi connectivity index (χ0v) is 12.4. The summed E-state index contributed by atoms with van der Waals surface area (Å²) in [5, 5.41) is 0. The van der Waals surface area contributed by atoms with Crippen molar-refractivity contribution in [1.29, 1.82) is 0 Å². The van der Waals surface area contributed by atoms with Gasteiger partial charge in [0.2, 0.25) is 0 Å². The maximum atomic E-state index is 12.2. The molecule has 0 aromatic heterocycles. The van der Waals surface area contributed by atoms with Crippen LogP contribution in [0.4, 0.5) is 0 Å². The first-order valence-corrected chi connectivity index (χ1v) is 6.89. The van der Waals surface area contributed by atoms with E-state index < -0.39 is 0 Å². The average Bonchev–Trinajstić information content (AvgIpc) is 2.87. The fraction of sp³-hybridized carbons (Fsp3) is 0.923. The highest BCUT2D eigenvalue weighted by Crippen LogP contribution is 2.21. The zero-order valence-electron chi connectivity index (χ0n) is 11.5. The molecule has 2 heterocycles. The molecule has 2 fully saturated rings. The van der Waals surface area contributed by atoms with Crippen molar-refractivity contribution in [2.75, 3.05) is 33.4 Å². The van der Waals surface area contributed by atoms with Gasteiger partial charge < -0.3 is 20.1 Å². The fourth-order valence-electron chi connectivity index (χ4n) is 2.74. The molecule has 0 radical (unpaired) electrons. The zero-order chi connectivity index (χ0) is 13.0. The number of carbonyl (C=O) groups excluding carboxylic acids is 1. The van der Waals surface area contributed by atoms with E-state index in [1.54, 1.807) is 4.90 Å². The lowest BCUT2D eigenvalue weighted by atomic mass is 10.0. The Hall–Kier alpha value is -0.360. The number of likely N-dealkylation sites (N-methyl/N-ethyl adjacent to an activating group) is 1. The van der Waals surface area contributed by atoms with Crippen molar-refractivity contribution in [2.45, 2.75) is 37.9 Å². The van der Waals surface area contributed by atoms with Crippen molar-refractivity contribution in [3.8, 4) is 0 Å². The molecular weight excluding hydrogens is 268 g/mol. The lowest BCUT2D eigenvalue weighted by molar-refractivity contribution is -0.142. The Bertz CT molecular complexity index is 285. The number of hydrogen-bond donors (Lipinski definition) is 1. The first-order chi connectivity index (χ1) is 8.70. The van der Waals surface area contributed by atoms with Crippen molar-refractivity contribution >= 4 is 18.3 Å². The molecular formula is C13H25ClN2O3. The summed E-state index contributed by atoms with van der Waals surface area (Å²) >= 11 is 0. The molecule has 3 atom stereocenters. The lowest BCUT2D eigenvalue weighted by Crippen LogP contribution is -2.41. The molecule has 2 aliphatic rings. The highest BCUT2D eigenvalue weighted by molar-refractivity contribution is 5.85. The summed E-state index contributed by atoms with van der Waals surface area (Å²) in [5.41, 5.74) is 5.56. The van der Waals surface area contributed by atoms with Crippen LogP contribution in [0.1, 0.15) is 25.7 Å². The second-order valence-electron chi connectivity index (χ2n) is 5.36. The van der Waals surface area contributed by atoms with Crippen molar-refractivity contribution in [3.63, 3.8) is 0 Å². The number of ether oxygens (including phenoxy) is 2. The minimum Gasteiger partial charge on any atom is -0.381 e. The largest absolute Gasteiger partial charge is 0.381 e. The van der Waals surface area contributed by atoms with Gasteiger partial charge >= 0.3 is 0 Å². The SMILES string of the molecule is CN(CC1CCCOC1)C(=O)[C@@H]1CC[C@H](CN)O1.Cl. The van der Waals surface area contributed by atoms with Crippen LogP contribution >= 0.6 is 12.4 Å². The Kier molecular flexibility index (Phi) is 7.07. The van der Waals surface area contributed by atoms with Gasteiger partial charge in [-0.2, -0.15) is 0 Å². The van der Waals surface area contributed by atoms with E-state index in [1.165, 1.54) is 0 Å². The third-order valence-electron chi connectivity index (χ3n) is 3.81. The molecule has 19 heavy (non-hydrogen) atoms. The number of rotatable bonds is 4. The predicted octanol–water partition coefficient (Wildman–Crippen LogP) is 0.799. The van der Waals surface area contributed by atoms with Crippen LogP contribution < -0.4 is 5.73 Å². The maximum absolute atomic E-state index is 12.2. The van der Waals surface area contributed by atoms with Gasteiger partial charge in [-0.15, -0.1) is 12.4 Å². The van der Waals surface area contributed by atoms with Crippen LogP contribution in [0, 0.1) is 5.92 Å². The molecule has 0 aromatic rings. The third kappa shape index (κ3) is 4.60. The molecule has 0 aromatic carbocycles. The van der Waals surface area contributed by atoms with Crippen molar-refractivity contribution in [2.24, 2.45) is 11.7 Å². The third-order valence-corrected chi connectivity index (χ3v) is 3.81. The molecule has 5 nitrogen and oxygen atoms in total. The standard InChI is InChI=1S/C13H24N2O3.ClH/c1-15(8-10-3-2-6-17-9-10)13(16)12-5-4-11(7-14)18-12;/h10-12H,2-9,14H2,1H3;1H/t10?,11-,12+;/m1./s1. The molecule has 2 saturated heterocycles. The molecule has 1 unspecified atom stereocenters. The van der Waals surface area contributed by atoms with Gasteiger partial charge in [0.25, 0.3) is 5.91 Å². The Morgan fingerprint density at radius 3 is 2.74 bits per heavy atom. The van der Waals surface area contributed by atoms with E-state index in [0.29, 0.717) is 12.5 Å². The first-order valence-electron chi connectivity index (χ1n) is 6.89. The van der Waals surface area contributed by atoms with E-state index in [1.807, 2.05) is 7.05 Å². The molecule has 112 valence electrons. The van der Waals surface area contributed by atoms with E-state index in [2.05, 4.69) is 0 Å². The summed E-state index contributed by atoms with van der Waals surface area (Å²) in [7, 11) is 1.86. The van der Waals surface area contributed by atoms with Crippen LogP contribution in [0.3, 0.4) is 0 Å². The predicted molar refractivity (Wildman–Crippen MR) is 75.4 cm³/mol. The van der Waals surface area contributed by atoms with Gasteiger partial charge in [0.15, 0.2) is 0 Å². The molecule has 2 rings (SSSR count). The lowest BCUT2D eigenvalue weighted by Gasteiger charge is -2.28. The van der Waals surface area contributed by atoms with E-state index in [4.69, 9.17) is 15.2 Å². The summed E-state index contributed by atoms with van der Waals surface area (Å²) in [6.07, 6.45) is 3.72. The number of amides is 1. The second-order valence-corrected chi connectivity index (χ2v) is 5.36. The van der Waals surface area contributed by atoms with Gasteiger partial charge in [0.1, 0.15) is 6.10 Å².